The molecule has 6 nitrogen and oxygen atoms in total. The smallest absolute Gasteiger partial charge is 0.297 e. The molecule has 8 heteroatoms. The first-order valence-electron chi connectivity index (χ1n) is 5.39. The SMILES string of the molecule is Nc1ccccc1Cc1nnc2sc(Cl)nn2c1=O. The standard InChI is InChI=1S/C11H8ClN5OS/c12-10-16-17-9(18)8(14-15-11(17)19-10)5-6-3-1-2-4-7(6)13/h1-4H,5,13H2. The van der Waals surface area contributed by atoms with Crippen molar-refractivity contribution in [3.8, 4) is 0 Å². The molecule has 0 saturated heterocycles. The predicted molar refractivity (Wildman–Crippen MR) is 73.6 cm³/mol. The van der Waals surface area contributed by atoms with Gasteiger partial charge in [-0.25, -0.2) is 0 Å². The number of para-hydroxylation sites is 1. The molecule has 0 aliphatic carbocycles. The lowest BCUT2D eigenvalue weighted by Crippen LogP contribution is -2.22. The van der Waals surface area contributed by atoms with Crippen molar-refractivity contribution < 1.29 is 0 Å². The van der Waals surface area contributed by atoms with Crippen LogP contribution in [0, 0.1) is 0 Å². The Labute approximate surface area is 116 Å². The van der Waals surface area contributed by atoms with Crippen LogP contribution in [-0.4, -0.2) is 19.8 Å². The summed E-state index contributed by atoms with van der Waals surface area (Å²) in [5.41, 5.74) is 7.25. The third-order valence-corrected chi connectivity index (χ3v) is 3.64. The van der Waals surface area contributed by atoms with Crippen LogP contribution in [0.15, 0.2) is 29.1 Å². The van der Waals surface area contributed by atoms with Crippen molar-refractivity contribution in [2.75, 3.05) is 5.73 Å². The topological polar surface area (TPSA) is 86.2 Å². The molecule has 3 aromatic rings. The van der Waals surface area contributed by atoms with Crippen molar-refractivity contribution in [1.29, 1.82) is 0 Å². The second-order valence-electron chi connectivity index (χ2n) is 3.88. The van der Waals surface area contributed by atoms with E-state index in [2.05, 4.69) is 15.3 Å². The number of fused-ring (bicyclic) bond motifs is 1. The monoisotopic (exact) mass is 293 g/mol. The minimum Gasteiger partial charge on any atom is -0.398 e. The fourth-order valence-corrected chi connectivity index (χ4v) is 2.56. The summed E-state index contributed by atoms with van der Waals surface area (Å²) >= 11 is 6.86. The van der Waals surface area contributed by atoms with Gasteiger partial charge in [-0.15, -0.1) is 15.3 Å². The zero-order chi connectivity index (χ0) is 13.4. The molecule has 19 heavy (non-hydrogen) atoms. The van der Waals surface area contributed by atoms with Crippen LogP contribution in [0.1, 0.15) is 11.3 Å². The normalized spacial score (nSPS) is 11.0. The van der Waals surface area contributed by atoms with Crippen molar-refractivity contribution in [2.24, 2.45) is 0 Å². The molecule has 0 fully saturated rings. The molecule has 2 N–H and O–H groups in total. The highest BCUT2D eigenvalue weighted by Gasteiger charge is 2.12. The van der Waals surface area contributed by atoms with Gasteiger partial charge in [-0.3, -0.25) is 4.79 Å². The van der Waals surface area contributed by atoms with Crippen molar-refractivity contribution in [3.63, 3.8) is 0 Å². The van der Waals surface area contributed by atoms with E-state index in [9.17, 15) is 4.79 Å². The summed E-state index contributed by atoms with van der Waals surface area (Å²) in [6.45, 7) is 0. The highest BCUT2D eigenvalue weighted by Crippen LogP contribution is 2.16. The first kappa shape index (κ1) is 12.1. The van der Waals surface area contributed by atoms with Crippen molar-refractivity contribution in [1.82, 2.24) is 19.8 Å². The number of nitrogens with zero attached hydrogens (tertiary/aromatic N) is 4. The Morgan fingerprint density at radius 2 is 2.11 bits per heavy atom. The van der Waals surface area contributed by atoms with Crippen LogP contribution in [0.2, 0.25) is 4.47 Å². The maximum Gasteiger partial charge on any atom is 0.297 e. The van der Waals surface area contributed by atoms with Gasteiger partial charge in [-0.1, -0.05) is 29.5 Å². The third kappa shape index (κ3) is 2.18. The number of halogens is 1. The molecule has 0 saturated carbocycles. The number of anilines is 1. The van der Waals surface area contributed by atoms with Gasteiger partial charge in [0.05, 0.1) is 0 Å². The molecule has 0 aliphatic rings. The van der Waals surface area contributed by atoms with Crippen LogP contribution in [0.5, 0.6) is 0 Å². The van der Waals surface area contributed by atoms with Gasteiger partial charge in [0.2, 0.25) is 9.43 Å². The summed E-state index contributed by atoms with van der Waals surface area (Å²) < 4.78 is 1.41. The summed E-state index contributed by atoms with van der Waals surface area (Å²) in [5.74, 6) is 0. The Morgan fingerprint density at radius 3 is 2.89 bits per heavy atom. The molecule has 0 atom stereocenters. The van der Waals surface area contributed by atoms with E-state index in [1.165, 1.54) is 0 Å². The van der Waals surface area contributed by atoms with E-state index in [4.69, 9.17) is 17.3 Å². The summed E-state index contributed by atoms with van der Waals surface area (Å²) in [5, 5.41) is 11.8. The zero-order valence-electron chi connectivity index (χ0n) is 9.58. The molecular formula is C11H8ClN5OS. The molecule has 0 amide bonds. The molecule has 96 valence electrons. The van der Waals surface area contributed by atoms with E-state index in [1.54, 1.807) is 6.07 Å². The lowest BCUT2D eigenvalue weighted by molar-refractivity contribution is 0.809. The number of hydrogen-bond acceptors (Lipinski definition) is 6. The Kier molecular flexibility index (Phi) is 2.92. The van der Waals surface area contributed by atoms with Gasteiger partial charge in [-0.05, 0) is 23.2 Å². The average molecular weight is 294 g/mol. The minimum atomic E-state index is -0.323. The summed E-state index contributed by atoms with van der Waals surface area (Å²) in [7, 11) is 0. The van der Waals surface area contributed by atoms with E-state index in [0.29, 0.717) is 17.1 Å². The fraction of sp³-hybridized carbons (Fsp3) is 0.0909. The van der Waals surface area contributed by atoms with Crippen LogP contribution in [-0.2, 0) is 6.42 Å². The van der Waals surface area contributed by atoms with E-state index in [-0.39, 0.29) is 15.7 Å². The minimum absolute atomic E-state index is 0.253. The average Bonchev–Trinajstić information content (AvgIpc) is 2.77. The lowest BCUT2D eigenvalue weighted by atomic mass is 10.1. The van der Waals surface area contributed by atoms with Crippen molar-refractivity contribution >= 4 is 33.6 Å². The largest absolute Gasteiger partial charge is 0.398 e. The Hall–Kier alpha value is -1.99. The van der Waals surface area contributed by atoms with Gasteiger partial charge in [0.25, 0.3) is 5.56 Å². The highest BCUT2D eigenvalue weighted by atomic mass is 35.5. The van der Waals surface area contributed by atoms with Crippen LogP contribution < -0.4 is 11.3 Å². The second kappa shape index (κ2) is 4.60. The molecule has 2 aromatic heterocycles. The van der Waals surface area contributed by atoms with Crippen LogP contribution in [0.25, 0.3) is 4.96 Å². The first-order chi connectivity index (χ1) is 9.15. The first-order valence-corrected chi connectivity index (χ1v) is 6.59. The third-order valence-electron chi connectivity index (χ3n) is 2.64. The second-order valence-corrected chi connectivity index (χ2v) is 5.41. The van der Waals surface area contributed by atoms with Gasteiger partial charge in [0.15, 0.2) is 0 Å². The predicted octanol–water partition coefficient (Wildman–Crippen LogP) is 1.37. The summed E-state index contributed by atoms with van der Waals surface area (Å²) in [4.78, 5) is 12.5. The number of nitrogens with two attached hydrogens (primary N) is 1. The molecular weight excluding hydrogens is 286 g/mol. The Bertz CT molecular complexity index is 812. The maximum absolute atomic E-state index is 12.2. The Morgan fingerprint density at radius 1 is 1.32 bits per heavy atom. The molecule has 0 radical (unpaired) electrons. The zero-order valence-corrected chi connectivity index (χ0v) is 11.1. The highest BCUT2D eigenvalue weighted by molar-refractivity contribution is 7.20. The maximum atomic E-state index is 12.2. The van der Waals surface area contributed by atoms with E-state index >= 15 is 0 Å². The Balaban J connectivity index is 2.09. The quantitative estimate of drug-likeness (QED) is 0.721. The van der Waals surface area contributed by atoms with Gasteiger partial charge in [-0.2, -0.15) is 4.52 Å². The number of benzene rings is 1. The molecule has 3 rings (SSSR count). The van der Waals surface area contributed by atoms with E-state index in [1.807, 2.05) is 18.2 Å². The molecule has 1 aromatic carbocycles. The molecule has 0 unspecified atom stereocenters. The number of hydrogen-bond donors (Lipinski definition) is 1. The number of nitrogen functional groups attached to an aromatic ring is 1. The van der Waals surface area contributed by atoms with Gasteiger partial charge < -0.3 is 5.73 Å². The molecule has 2 heterocycles. The van der Waals surface area contributed by atoms with Crippen LogP contribution >= 0.6 is 22.9 Å². The fourth-order valence-electron chi connectivity index (χ4n) is 1.71. The number of rotatable bonds is 2. The summed E-state index contributed by atoms with van der Waals surface area (Å²) in [6, 6.07) is 7.31. The van der Waals surface area contributed by atoms with Crippen LogP contribution in [0.4, 0.5) is 5.69 Å². The van der Waals surface area contributed by atoms with Gasteiger partial charge in [0, 0.05) is 12.1 Å². The van der Waals surface area contributed by atoms with Gasteiger partial charge in [0.1, 0.15) is 5.69 Å². The van der Waals surface area contributed by atoms with E-state index in [0.717, 1.165) is 21.4 Å². The lowest BCUT2D eigenvalue weighted by Gasteiger charge is -2.03. The van der Waals surface area contributed by atoms with Crippen molar-refractivity contribution in [3.05, 3.63) is 50.3 Å². The summed E-state index contributed by atoms with van der Waals surface area (Å²) in [6.07, 6.45) is 0.316. The number of aromatic nitrogens is 4. The van der Waals surface area contributed by atoms with Crippen molar-refractivity contribution in [2.45, 2.75) is 6.42 Å². The molecule has 0 bridgehead atoms. The van der Waals surface area contributed by atoms with Crippen LogP contribution in [0.3, 0.4) is 0 Å². The van der Waals surface area contributed by atoms with E-state index < -0.39 is 0 Å². The van der Waals surface area contributed by atoms with Gasteiger partial charge >= 0.3 is 0 Å². The molecule has 0 aliphatic heterocycles. The molecule has 0 spiro atoms.